The van der Waals surface area contributed by atoms with Gasteiger partial charge in [-0.3, -0.25) is 4.79 Å². The summed E-state index contributed by atoms with van der Waals surface area (Å²) in [5.74, 6) is -3.12. The average molecular weight is 506 g/mol. The summed E-state index contributed by atoms with van der Waals surface area (Å²) >= 11 is 0. The molecule has 35 heavy (non-hydrogen) atoms. The van der Waals surface area contributed by atoms with Gasteiger partial charge in [0, 0.05) is 42.0 Å². The highest BCUT2D eigenvalue weighted by Crippen LogP contribution is 2.35. The molecule has 3 aromatic rings. The Morgan fingerprint density at radius 2 is 1.63 bits per heavy atom. The molecule has 2 aromatic carbocycles. The molecule has 0 unspecified atom stereocenters. The van der Waals surface area contributed by atoms with Crippen LogP contribution in [0, 0.1) is 5.41 Å². The van der Waals surface area contributed by atoms with Gasteiger partial charge in [-0.1, -0.05) is 39.0 Å². The normalized spacial score (nSPS) is 13.0. The predicted molar refractivity (Wildman–Crippen MR) is 136 cm³/mol. The van der Waals surface area contributed by atoms with Crippen molar-refractivity contribution in [1.29, 1.82) is 0 Å². The Labute approximate surface area is 205 Å². The third-order valence-corrected chi connectivity index (χ3v) is 7.29. The number of nitrogens with zero attached hydrogens (tertiary/aromatic N) is 1. The number of hydrogen-bond donors (Lipinski definition) is 2. The van der Waals surface area contributed by atoms with Crippen molar-refractivity contribution < 1.29 is 17.2 Å². The molecule has 0 spiro atoms. The molecule has 0 saturated heterocycles. The van der Waals surface area contributed by atoms with Gasteiger partial charge >= 0.3 is 0 Å². The molecule has 1 heterocycles. The minimum atomic E-state index is -3.66. The van der Waals surface area contributed by atoms with E-state index in [2.05, 4.69) is 9.71 Å². The summed E-state index contributed by atoms with van der Waals surface area (Å²) in [6.45, 7) is 6.42. The van der Waals surface area contributed by atoms with Crippen molar-refractivity contribution in [2.75, 3.05) is 27.2 Å². The standard InChI is InChI=1S/C26H33F2N3O3S/c1-6-26(27,28)22-15-24(32)30-23-12-9-19(14-21(22)23)13-18-7-10-20(11-8-18)35(33,34)29-16-25(2,3)17-31(4)5/h7-12,14-15,29H,6,13,16-17H2,1-5H3,(H,30,32). The van der Waals surface area contributed by atoms with Gasteiger partial charge in [0.2, 0.25) is 15.6 Å². The third-order valence-electron chi connectivity index (χ3n) is 5.87. The Bertz CT molecular complexity index is 1350. The molecule has 9 heteroatoms. The summed E-state index contributed by atoms with van der Waals surface area (Å²) in [4.78, 5) is 16.7. The van der Waals surface area contributed by atoms with Crippen LogP contribution in [-0.4, -0.2) is 45.5 Å². The molecular formula is C26H33F2N3O3S. The first kappa shape index (κ1) is 27.0. The quantitative estimate of drug-likeness (QED) is 0.426. The van der Waals surface area contributed by atoms with Crippen LogP contribution in [0.5, 0.6) is 0 Å². The van der Waals surface area contributed by atoms with Gasteiger partial charge in [0.1, 0.15) is 0 Å². The predicted octanol–water partition coefficient (Wildman–Crippen LogP) is 4.49. The Hall–Kier alpha value is -2.62. The van der Waals surface area contributed by atoms with Crippen LogP contribution in [0.2, 0.25) is 0 Å². The summed E-state index contributed by atoms with van der Waals surface area (Å²) in [5.41, 5.74) is 0.884. The molecular weight excluding hydrogens is 472 g/mol. The Kier molecular flexibility index (Phi) is 7.83. The molecule has 0 amide bonds. The lowest BCUT2D eigenvalue weighted by Crippen LogP contribution is -2.39. The SMILES string of the molecule is CCC(F)(F)c1cc(=O)[nH]c2ccc(Cc3ccc(S(=O)(=O)NCC(C)(C)CN(C)C)cc3)cc12. The van der Waals surface area contributed by atoms with Crippen LogP contribution in [0.25, 0.3) is 10.9 Å². The number of H-pyrrole nitrogens is 1. The van der Waals surface area contributed by atoms with Crippen molar-refractivity contribution in [3.63, 3.8) is 0 Å². The van der Waals surface area contributed by atoms with E-state index >= 15 is 0 Å². The van der Waals surface area contributed by atoms with E-state index in [0.717, 1.165) is 23.7 Å². The van der Waals surface area contributed by atoms with Crippen molar-refractivity contribution in [2.45, 2.75) is 44.4 Å². The Morgan fingerprint density at radius 3 is 2.23 bits per heavy atom. The monoisotopic (exact) mass is 505 g/mol. The van der Waals surface area contributed by atoms with Crippen LogP contribution in [-0.2, 0) is 22.4 Å². The van der Waals surface area contributed by atoms with E-state index in [9.17, 15) is 22.0 Å². The van der Waals surface area contributed by atoms with Gasteiger partial charge in [-0.05, 0) is 61.3 Å². The molecule has 3 rings (SSSR count). The zero-order valence-corrected chi connectivity index (χ0v) is 21.6. The number of nitrogens with one attached hydrogen (secondary N) is 2. The Balaban J connectivity index is 1.81. The molecule has 0 bridgehead atoms. The minimum Gasteiger partial charge on any atom is -0.322 e. The molecule has 0 aliphatic heterocycles. The van der Waals surface area contributed by atoms with Gasteiger partial charge < -0.3 is 9.88 Å². The number of rotatable bonds is 10. The lowest BCUT2D eigenvalue weighted by molar-refractivity contribution is -0.00686. The van der Waals surface area contributed by atoms with E-state index in [0.29, 0.717) is 23.9 Å². The lowest BCUT2D eigenvalue weighted by Gasteiger charge is -2.28. The van der Waals surface area contributed by atoms with Crippen LogP contribution in [0.1, 0.15) is 43.9 Å². The van der Waals surface area contributed by atoms with E-state index in [-0.39, 0.29) is 15.9 Å². The molecule has 0 atom stereocenters. The van der Waals surface area contributed by atoms with E-state index in [1.807, 2.05) is 32.8 Å². The molecule has 0 saturated carbocycles. The largest absolute Gasteiger partial charge is 0.322 e. The number of fused-ring (bicyclic) bond motifs is 1. The fourth-order valence-corrected chi connectivity index (χ4v) is 5.45. The molecule has 6 nitrogen and oxygen atoms in total. The van der Waals surface area contributed by atoms with Gasteiger partial charge in [-0.2, -0.15) is 0 Å². The van der Waals surface area contributed by atoms with Gasteiger partial charge in [0.25, 0.3) is 5.92 Å². The summed E-state index contributed by atoms with van der Waals surface area (Å²) in [5, 5.41) is 0.303. The summed E-state index contributed by atoms with van der Waals surface area (Å²) < 4.78 is 57.2. The van der Waals surface area contributed by atoms with Crippen molar-refractivity contribution >= 4 is 20.9 Å². The van der Waals surface area contributed by atoms with E-state index in [1.54, 1.807) is 42.5 Å². The van der Waals surface area contributed by atoms with Crippen LogP contribution in [0.4, 0.5) is 8.78 Å². The Morgan fingerprint density at radius 1 is 1.00 bits per heavy atom. The molecule has 190 valence electrons. The number of pyridine rings is 1. The molecule has 0 radical (unpaired) electrons. The van der Waals surface area contributed by atoms with Crippen molar-refractivity contribution in [3.8, 4) is 0 Å². The zero-order valence-electron chi connectivity index (χ0n) is 20.8. The first-order chi connectivity index (χ1) is 16.2. The first-order valence-corrected chi connectivity index (χ1v) is 13.0. The maximum atomic E-state index is 14.5. The molecule has 2 N–H and O–H groups in total. The maximum absolute atomic E-state index is 14.5. The first-order valence-electron chi connectivity index (χ1n) is 11.5. The second-order valence-electron chi connectivity index (χ2n) is 10.0. The van der Waals surface area contributed by atoms with Gasteiger partial charge in [0.15, 0.2) is 0 Å². The number of sulfonamides is 1. The molecule has 0 fully saturated rings. The summed E-state index contributed by atoms with van der Waals surface area (Å²) in [6.07, 6.45) is 0.0158. The van der Waals surface area contributed by atoms with Crippen LogP contribution < -0.4 is 10.3 Å². The molecule has 0 aliphatic rings. The highest BCUT2D eigenvalue weighted by molar-refractivity contribution is 7.89. The van der Waals surface area contributed by atoms with Crippen molar-refractivity contribution in [2.24, 2.45) is 5.41 Å². The second-order valence-corrected chi connectivity index (χ2v) is 11.8. The third kappa shape index (κ3) is 6.74. The van der Waals surface area contributed by atoms with E-state index in [4.69, 9.17) is 0 Å². The molecule has 0 aliphatic carbocycles. The van der Waals surface area contributed by atoms with Crippen LogP contribution >= 0.6 is 0 Å². The number of alkyl halides is 2. The minimum absolute atomic E-state index is 0.169. The fraction of sp³-hybridized carbons (Fsp3) is 0.423. The van der Waals surface area contributed by atoms with Gasteiger partial charge in [-0.25, -0.2) is 21.9 Å². The maximum Gasteiger partial charge on any atom is 0.273 e. The molecule has 1 aromatic heterocycles. The lowest BCUT2D eigenvalue weighted by atomic mass is 9.93. The van der Waals surface area contributed by atoms with Crippen LogP contribution in [0.3, 0.4) is 0 Å². The highest BCUT2D eigenvalue weighted by atomic mass is 32.2. The zero-order chi connectivity index (χ0) is 26.0. The van der Waals surface area contributed by atoms with Gasteiger partial charge in [0.05, 0.1) is 4.90 Å². The number of aromatic nitrogens is 1. The topological polar surface area (TPSA) is 82.3 Å². The average Bonchev–Trinajstić information content (AvgIpc) is 2.77. The second kappa shape index (κ2) is 10.2. The highest BCUT2D eigenvalue weighted by Gasteiger charge is 2.31. The van der Waals surface area contributed by atoms with Crippen molar-refractivity contribution in [1.82, 2.24) is 14.6 Å². The van der Waals surface area contributed by atoms with E-state index in [1.165, 1.54) is 6.92 Å². The number of hydrogen-bond acceptors (Lipinski definition) is 4. The fourth-order valence-electron chi connectivity index (χ4n) is 4.21. The smallest absolute Gasteiger partial charge is 0.273 e. The van der Waals surface area contributed by atoms with Gasteiger partial charge in [-0.15, -0.1) is 0 Å². The van der Waals surface area contributed by atoms with Crippen molar-refractivity contribution in [3.05, 3.63) is 75.6 Å². The summed E-state index contributed by atoms with van der Waals surface area (Å²) in [7, 11) is 0.227. The summed E-state index contributed by atoms with van der Waals surface area (Å²) in [6, 6.07) is 12.5. The number of aromatic amines is 1. The van der Waals surface area contributed by atoms with Crippen LogP contribution in [0.15, 0.2) is 58.2 Å². The number of halogens is 2. The van der Waals surface area contributed by atoms with E-state index < -0.39 is 27.9 Å². The number of benzene rings is 2.